The molecule has 0 heterocycles. The van der Waals surface area contributed by atoms with Crippen LogP contribution in [0.5, 0.6) is 0 Å². The van der Waals surface area contributed by atoms with Crippen LogP contribution in [0.1, 0.15) is 19.4 Å². The molecule has 1 aromatic carbocycles. The molecule has 1 N–H and O–H groups in total. The Morgan fingerprint density at radius 3 is 2.67 bits per heavy atom. The van der Waals surface area contributed by atoms with Crippen LogP contribution in [0.3, 0.4) is 0 Å². The highest BCUT2D eigenvalue weighted by Crippen LogP contribution is 2.22. The highest BCUT2D eigenvalue weighted by Gasteiger charge is 2.18. The molecule has 3 nitrogen and oxygen atoms in total. The van der Waals surface area contributed by atoms with Crippen molar-refractivity contribution in [3.8, 4) is 0 Å². The SMILES string of the molecule is CCNC(=O)[C@@H](C)N(C)Cc1ccc(Cl)cc1Cl. The number of nitrogens with zero attached hydrogens (tertiary/aromatic N) is 1. The van der Waals surface area contributed by atoms with Crippen molar-refractivity contribution in [2.45, 2.75) is 26.4 Å². The van der Waals surface area contributed by atoms with Gasteiger partial charge in [-0.2, -0.15) is 0 Å². The molecule has 0 saturated carbocycles. The fraction of sp³-hybridized carbons (Fsp3) is 0.462. The summed E-state index contributed by atoms with van der Waals surface area (Å²) in [7, 11) is 1.89. The maximum absolute atomic E-state index is 11.7. The molecule has 0 spiro atoms. The summed E-state index contributed by atoms with van der Waals surface area (Å²) in [4.78, 5) is 13.7. The minimum atomic E-state index is -0.198. The molecule has 0 bridgehead atoms. The Bertz CT molecular complexity index is 423. The molecule has 0 saturated heterocycles. The molecule has 0 unspecified atom stereocenters. The predicted octanol–water partition coefficient (Wildman–Crippen LogP) is 2.95. The lowest BCUT2D eigenvalue weighted by Crippen LogP contribution is -2.42. The summed E-state index contributed by atoms with van der Waals surface area (Å²) in [5.74, 6) is 0.0186. The molecule has 100 valence electrons. The van der Waals surface area contributed by atoms with Crippen molar-refractivity contribution in [2.75, 3.05) is 13.6 Å². The maximum atomic E-state index is 11.7. The third kappa shape index (κ3) is 4.16. The number of rotatable bonds is 5. The van der Waals surface area contributed by atoms with Crippen molar-refractivity contribution >= 4 is 29.1 Å². The van der Waals surface area contributed by atoms with Crippen LogP contribution in [0.25, 0.3) is 0 Å². The van der Waals surface area contributed by atoms with Gasteiger partial charge in [0.25, 0.3) is 0 Å². The molecule has 1 atom stereocenters. The summed E-state index contributed by atoms with van der Waals surface area (Å²) >= 11 is 12.0. The number of likely N-dealkylation sites (N-methyl/N-ethyl adjacent to an activating group) is 2. The van der Waals surface area contributed by atoms with Crippen molar-refractivity contribution in [2.24, 2.45) is 0 Å². The van der Waals surface area contributed by atoms with E-state index in [0.717, 1.165) is 5.56 Å². The fourth-order valence-corrected chi connectivity index (χ4v) is 2.05. The van der Waals surface area contributed by atoms with Gasteiger partial charge < -0.3 is 5.32 Å². The van der Waals surface area contributed by atoms with Gasteiger partial charge in [0.2, 0.25) is 5.91 Å². The van der Waals surface area contributed by atoms with Gasteiger partial charge in [-0.05, 0) is 38.6 Å². The number of halogens is 2. The summed E-state index contributed by atoms with van der Waals surface area (Å²) in [6, 6.07) is 5.19. The van der Waals surface area contributed by atoms with Crippen molar-refractivity contribution in [3.05, 3.63) is 33.8 Å². The number of hydrogen-bond acceptors (Lipinski definition) is 2. The summed E-state index contributed by atoms with van der Waals surface area (Å²) in [5, 5.41) is 4.04. The summed E-state index contributed by atoms with van der Waals surface area (Å²) in [5.41, 5.74) is 0.958. The van der Waals surface area contributed by atoms with E-state index in [2.05, 4.69) is 5.32 Å². The molecular weight excluding hydrogens is 271 g/mol. The summed E-state index contributed by atoms with van der Waals surface area (Å²) in [6.45, 7) is 5.02. The Morgan fingerprint density at radius 2 is 2.11 bits per heavy atom. The van der Waals surface area contributed by atoms with E-state index in [1.807, 2.05) is 31.9 Å². The van der Waals surface area contributed by atoms with Crippen LogP contribution >= 0.6 is 23.2 Å². The molecule has 0 aliphatic rings. The second-order valence-corrected chi connectivity index (χ2v) is 5.07. The second-order valence-electron chi connectivity index (χ2n) is 4.22. The lowest BCUT2D eigenvalue weighted by atomic mass is 10.2. The second kappa shape index (κ2) is 6.98. The Balaban J connectivity index is 2.69. The van der Waals surface area contributed by atoms with Gasteiger partial charge in [-0.1, -0.05) is 29.3 Å². The van der Waals surface area contributed by atoms with E-state index in [0.29, 0.717) is 23.1 Å². The largest absolute Gasteiger partial charge is 0.355 e. The van der Waals surface area contributed by atoms with Gasteiger partial charge in [-0.15, -0.1) is 0 Å². The topological polar surface area (TPSA) is 32.3 Å². The Kier molecular flexibility index (Phi) is 5.93. The third-order valence-corrected chi connectivity index (χ3v) is 3.41. The van der Waals surface area contributed by atoms with Crippen LogP contribution in [0.4, 0.5) is 0 Å². The first kappa shape index (κ1) is 15.3. The molecular formula is C13H18Cl2N2O. The van der Waals surface area contributed by atoms with Gasteiger partial charge in [-0.3, -0.25) is 9.69 Å². The van der Waals surface area contributed by atoms with Crippen LogP contribution in [-0.4, -0.2) is 30.4 Å². The van der Waals surface area contributed by atoms with Gasteiger partial charge >= 0.3 is 0 Å². The quantitative estimate of drug-likeness (QED) is 0.904. The van der Waals surface area contributed by atoms with E-state index in [-0.39, 0.29) is 11.9 Å². The number of carbonyl (C=O) groups excluding carboxylic acids is 1. The highest BCUT2D eigenvalue weighted by atomic mass is 35.5. The van der Waals surface area contributed by atoms with Gasteiger partial charge in [0, 0.05) is 23.1 Å². The highest BCUT2D eigenvalue weighted by molar-refractivity contribution is 6.35. The van der Waals surface area contributed by atoms with Gasteiger partial charge in [0.05, 0.1) is 6.04 Å². The molecule has 1 aromatic rings. The van der Waals surface area contributed by atoms with Gasteiger partial charge in [0.1, 0.15) is 0 Å². The number of hydrogen-bond donors (Lipinski definition) is 1. The number of amides is 1. The van der Waals surface area contributed by atoms with Crippen LogP contribution in [-0.2, 0) is 11.3 Å². The van der Waals surface area contributed by atoms with E-state index in [1.54, 1.807) is 12.1 Å². The van der Waals surface area contributed by atoms with Crippen molar-refractivity contribution < 1.29 is 4.79 Å². The Morgan fingerprint density at radius 1 is 1.44 bits per heavy atom. The maximum Gasteiger partial charge on any atom is 0.237 e. The molecule has 0 aromatic heterocycles. The average molecular weight is 289 g/mol. The lowest BCUT2D eigenvalue weighted by Gasteiger charge is -2.24. The molecule has 18 heavy (non-hydrogen) atoms. The smallest absolute Gasteiger partial charge is 0.237 e. The number of carbonyl (C=O) groups is 1. The van der Waals surface area contributed by atoms with Crippen LogP contribution in [0.2, 0.25) is 10.0 Å². The molecule has 1 rings (SSSR count). The third-order valence-electron chi connectivity index (χ3n) is 2.83. The lowest BCUT2D eigenvalue weighted by molar-refractivity contribution is -0.125. The summed E-state index contributed by atoms with van der Waals surface area (Å²) in [6.07, 6.45) is 0. The van der Waals surface area contributed by atoms with E-state index < -0.39 is 0 Å². The zero-order valence-corrected chi connectivity index (χ0v) is 12.3. The van der Waals surface area contributed by atoms with Crippen molar-refractivity contribution in [3.63, 3.8) is 0 Å². The Hall–Kier alpha value is -0.770. The summed E-state index contributed by atoms with van der Waals surface area (Å²) < 4.78 is 0. The molecule has 5 heteroatoms. The first-order chi connectivity index (χ1) is 8.45. The van der Waals surface area contributed by atoms with E-state index in [1.165, 1.54) is 0 Å². The average Bonchev–Trinajstić information content (AvgIpc) is 2.32. The number of benzene rings is 1. The normalized spacial score (nSPS) is 12.6. The van der Waals surface area contributed by atoms with Crippen molar-refractivity contribution in [1.82, 2.24) is 10.2 Å². The van der Waals surface area contributed by atoms with Crippen molar-refractivity contribution in [1.29, 1.82) is 0 Å². The minimum absolute atomic E-state index is 0.0186. The first-order valence-corrected chi connectivity index (χ1v) is 6.63. The van der Waals surface area contributed by atoms with E-state index >= 15 is 0 Å². The van der Waals surface area contributed by atoms with Gasteiger partial charge in [0.15, 0.2) is 0 Å². The standard InChI is InChI=1S/C13H18Cl2N2O/c1-4-16-13(18)9(2)17(3)8-10-5-6-11(14)7-12(10)15/h5-7,9H,4,8H2,1-3H3,(H,16,18)/t9-/m1/s1. The first-order valence-electron chi connectivity index (χ1n) is 5.87. The molecule has 1 amide bonds. The zero-order valence-electron chi connectivity index (χ0n) is 10.8. The van der Waals surface area contributed by atoms with Crippen LogP contribution in [0.15, 0.2) is 18.2 Å². The molecule has 0 fully saturated rings. The predicted molar refractivity (Wildman–Crippen MR) is 76.1 cm³/mol. The van der Waals surface area contributed by atoms with Gasteiger partial charge in [-0.25, -0.2) is 0 Å². The zero-order chi connectivity index (χ0) is 13.7. The Labute approximate surface area is 118 Å². The number of nitrogens with one attached hydrogen (secondary N) is 1. The van der Waals surface area contributed by atoms with E-state index in [4.69, 9.17) is 23.2 Å². The molecule has 0 radical (unpaired) electrons. The molecule has 0 aliphatic heterocycles. The minimum Gasteiger partial charge on any atom is -0.355 e. The fourth-order valence-electron chi connectivity index (χ4n) is 1.58. The van der Waals surface area contributed by atoms with Crippen LogP contribution in [0, 0.1) is 0 Å². The van der Waals surface area contributed by atoms with E-state index in [9.17, 15) is 4.79 Å². The molecule has 0 aliphatic carbocycles. The monoisotopic (exact) mass is 288 g/mol. The van der Waals surface area contributed by atoms with Crippen LogP contribution < -0.4 is 5.32 Å².